The van der Waals surface area contributed by atoms with Crippen molar-refractivity contribution in [1.82, 2.24) is 0 Å². The second kappa shape index (κ2) is 5.79. The summed E-state index contributed by atoms with van der Waals surface area (Å²) < 4.78 is 65.9. The van der Waals surface area contributed by atoms with Crippen LogP contribution < -0.4 is 4.74 Å². The third-order valence-electron chi connectivity index (χ3n) is 3.61. The number of benzene rings is 2. The van der Waals surface area contributed by atoms with E-state index in [-0.39, 0.29) is 17.1 Å². The lowest BCUT2D eigenvalue weighted by Gasteiger charge is -2.34. The maximum atomic E-state index is 13.9. The lowest BCUT2D eigenvalue weighted by Crippen LogP contribution is -2.26. The van der Waals surface area contributed by atoms with Crippen molar-refractivity contribution in [3.05, 3.63) is 52.3 Å². The summed E-state index contributed by atoms with van der Waals surface area (Å²) in [7, 11) is -4.59. The Bertz CT molecular complexity index is 916. The minimum atomic E-state index is -4.59. The van der Waals surface area contributed by atoms with E-state index in [9.17, 15) is 27.4 Å². The molecule has 1 aliphatic heterocycles. The molecule has 3 N–H and O–H groups in total. The Morgan fingerprint density at radius 2 is 1.92 bits per heavy atom. The smallest absolute Gasteiger partial charge is 0.371 e. The first kappa shape index (κ1) is 17.8. The Labute approximate surface area is 146 Å². The topological polar surface area (TPSA) is 93.7 Å². The Morgan fingerprint density at radius 1 is 1.24 bits per heavy atom. The van der Waals surface area contributed by atoms with Crippen LogP contribution in [0.3, 0.4) is 0 Å². The summed E-state index contributed by atoms with van der Waals surface area (Å²) in [5.74, 6) is -1.10. The Hall–Kier alpha value is -1.96. The molecule has 0 spiro atoms. The summed E-state index contributed by atoms with van der Waals surface area (Å²) in [6.45, 7) is 0. The quantitative estimate of drug-likeness (QED) is 0.677. The number of fused-ring (bicyclic) bond motifs is 1. The van der Waals surface area contributed by atoms with Gasteiger partial charge in [0, 0.05) is 11.6 Å². The number of hydrogen-bond acceptors (Lipinski definition) is 5. The molecule has 1 unspecified atom stereocenters. The molecule has 2 aromatic carbocycles. The molecule has 1 atom stereocenters. The average molecular weight is 392 g/mol. The molecule has 0 amide bonds. The van der Waals surface area contributed by atoms with Crippen LogP contribution in [-0.2, 0) is 0 Å². The summed E-state index contributed by atoms with van der Waals surface area (Å²) in [5.41, 5.74) is -0.603. The van der Waals surface area contributed by atoms with Gasteiger partial charge in [0.2, 0.25) is 0 Å². The Morgan fingerprint density at radius 3 is 2.56 bits per heavy atom. The SMILES string of the molecule is N#Cc1cc(F)cc(Oc2ccc3c(c2Cl)C(O)C(F)(F)S3(O)O)c1. The monoisotopic (exact) mass is 391 g/mol. The molecule has 0 saturated carbocycles. The zero-order valence-corrected chi connectivity index (χ0v) is 13.7. The molecule has 0 aromatic heterocycles. The fraction of sp³-hybridized carbons (Fsp3) is 0.133. The van der Waals surface area contributed by atoms with Crippen molar-refractivity contribution in [1.29, 1.82) is 5.26 Å². The van der Waals surface area contributed by atoms with Gasteiger partial charge >= 0.3 is 5.25 Å². The van der Waals surface area contributed by atoms with E-state index in [0.29, 0.717) is 0 Å². The molecule has 25 heavy (non-hydrogen) atoms. The summed E-state index contributed by atoms with van der Waals surface area (Å²) in [4.78, 5) is -0.584. The zero-order valence-electron chi connectivity index (χ0n) is 12.1. The standard InChI is InChI=1S/C15H9ClF3NO4S/c16-13-10(24-9-4-7(6-20)3-8(17)5-9)1-2-11-12(13)14(21)15(18,19)25(11,22)23/h1-5,14,21-23H. The molecule has 0 bridgehead atoms. The highest BCUT2D eigenvalue weighted by atomic mass is 35.5. The number of halogens is 4. The van der Waals surface area contributed by atoms with Gasteiger partial charge in [0.1, 0.15) is 17.3 Å². The van der Waals surface area contributed by atoms with Gasteiger partial charge in [-0.05, 0) is 24.3 Å². The Balaban J connectivity index is 2.07. The van der Waals surface area contributed by atoms with E-state index in [0.717, 1.165) is 24.3 Å². The molecule has 0 aliphatic carbocycles. The predicted octanol–water partition coefficient (Wildman–Crippen LogP) is 4.89. The molecule has 0 saturated heterocycles. The number of hydrogen-bond donors (Lipinski definition) is 3. The van der Waals surface area contributed by atoms with Crippen LogP contribution in [0.1, 0.15) is 17.2 Å². The van der Waals surface area contributed by atoms with E-state index >= 15 is 0 Å². The van der Waals surface area contributed by atoms with E-state index in [2.05, 4.69) is 0 Å². The second-order valence-corrected chi connectivity index (χ2v) is 7.65. The van der Waals surface area contributed by atoms with Gasteiger partial charge in [0.25, 0.3) is 0 Å². The van der Waals surface area contributed by atoms with Crippen molar-refractivity contribution < 1.29 is 32.1 Å². The summed E-state index contributed by atoms with van der Waals surface area (Å²) in [6, 6.07) is 6.87. The predicted molar refractivity (Wildman–Crippen MR) is 83.7 cm³/mol. The molecule has 3 rings (SSSR count). The van der Waals surface area contributed by atoms with Crippen LogP contribution in [0, 0.1) is 17.1 Å². The number of alkyl halides is 2. The van der Waals surface area contributed by atoms with Gasteiger partial charge in [0.05, 0.1) is 21.6 Å². The van der Waals surface area contributed by atoms with Crippen LogP contribution in [0.5, 0.6) is 11.5 Å². The average Bonchev–Trinajstić information content (AvgIpc) is 2.67. The molecule has 0 fully saturated rings. The molecule has 2 aromatic rings. The van der Waals surface area contributed by atoms with Gasteiger partial charge in [0.15, 0.2) is 6.10 Å². The second-order valence-electron chi connectivity index (χ2n) is 5.19. The van der Waals surface area contributed by atoms with E-state index in [4.69, 9.17) is 21.6 Å². The highest BCUT2D eigenvalue weighted by molar-refractivity contribution is 8.25. The van der Waals surface area contributed by atoms with Gasteiger partial charge in [-0.3, -0.25) is 9.11 Å². The lowest BCUT2D eigenvalue weighted by molar-refractivity contribution is -0.0433. The lowest BCUT2D eigenvalue weighted by atomic mass is 10.1. The van der Waals surface area contributed by atoms with E-state index < -0.39 is 43.2 Å². The molecule has 10 heteroatoms. The summed E-state index contributed by atoms with van der Waals surface area (Å²) in [5, 5.41) is 13.9. The largest absolute Gasteiger partial charge is 0.456 e. The van der Waals surface area contributed by atoms with Gasteiger partial charge in [-0.2, -0.15) is 14.0 Å². The van der Waals surface area contributed by atoms with Crippen LogP contribution in [0.4, 0.5) is 13.2 Å². The molecular formula is C15H9ClF3NO4S. The first-order chi connectivity index (χ1) is 11.6. The van der Waals surface area contributed by atoms with Crippen LogP contribution >= 0.6 is 22.2 Å². The molecule has 1 aliphatic rings. The fourth-order valence-electron chi connectivity index (χ4n) is 2.42. The van der Waals surface area contributed by atoms with Crippen molar-refractivity contribution in [3.8, 4) is 17.6 Å². The van der Waals surface area contributed by atoms with E-state index in [1.807, 2.05) is 0 Å². The van der Waals surface area contributed by atoms with Crippen LogP contribution in [-0.4, -0.2) is 19.5 Å². The molecule has 5 nitrogen and oxygen atoms in total. The summed E-state index contributed by atoms with van der Waals surface area (Å²) in [6.07, 6.45) is -2.54. The molecule has 132 valence electrons. The zero-order chi connectivity index (χ0) is 18.6. The van der Waals surface area contributed by atoms with Crippen LogP contribution in [0.2, 0.25) is 5.02 Å². The van der Waals surface area contributed by atoms with E-state index in [1.165, 1.54) is 6.07 Å². The van der Waals surface area contributed by atoms with Crippen molar-refractivity contribution in [2.45, 2.75) is 16.3 Å². The highest BCUT2D eigenvalue weighted by Gasteiger charge is 2.61. The maximum Gasteiger partial charge on any atom is 0.371 e. The molecule has 1 heterocycles. The molecule has 0 radical (unpaired) electrons. The van der Waals surface area contributed by atoms with Crippen molar-refractivity contribution in [2.24, 2.45) is 0 Å². The number of aliphatic hydroxyl groups excluding tert-OH is 1. The number of nitriles is 1. The van der Waals surface area contributed by atoms with Crippen molar-refractivity contribution in [2.75, 3.05) is 0 Å². The molecular weight excluding hydrogens is 383 g/mol. The van der Waals surface area contributed by atoms with Gasteiger partial charge in [-0.1, -0.05) is 11.6 Å². The van der Waals surface area contributed by atoms with Crippen molar-refractivity contribution >= 4 is 22.2 Å². The maximum absolute atomic E-state index is 13.9. The van der Waals surface area contributed by atoms with Gasteiger partial charge in [-0.25, -0.2) is 4.39 Å². The minimum absolute atomic E-state index is 0.0342. The van der Waals surface area contributed by atoms with Crippen LogP contribution in [0.25, 0.3) is 0 Å². The van der Waals surface area contributed by atoms with Crippen molar-refractivity contribution in [3.63, 3.8) is 0 Å². The number of nitrogens with zero attached hydrogens (tertiary/aromatic N) is 1. The number of ether oxygens (including phenoxy) is 1. The fourth-order valence-corrected chi connectivity index (χ4v) is 4.28. The first-order valence-corrected chi connectivity index (χ1v) is 8.56. The first-order valence-electron chi connectivity index (χ1n) is 6.64. The third-order valence-corrected chi connectivity index (χ3v) is 5.95. The number of rotatable bonds is 2. The Kier molecular flexibility index (Phi) is 4.14. The van der Waals surface area contributed by atoms with Crippen LogP contribution in [0.15, 0.2) is 35.2 Å². The summed E-state index contributed by atoms with van der Waals surface area (Å²) >= 11 is 5.98. The normalized spacial score (nSPS) is 21.3. The minimum Gasteiger partial charge on any atom is -0.456 e. The van der Waals surface area contributed by atoms with Gasteiger partial charge in [-0.15, -0.1) is 10.6 Å². The third kappa shape index (κ3) is 2.63. The highest BCUT2D eigenvalue weighted by Crippen LogP contribution is 2.73. The van der Waals surface area contributed by atoms with Gasteiger partial charge < -0.3 is 9.84 Å². The number of aliphatic hydroxyl groups is 1. The van der Waals surface area contributed by atoms with E-state index in [1.54, 1.807) is 6.07 Å².